The molecule has 0 radical (unpaired) electrons. The minimum absolute atomic E-state index is 0.131. The average molecular weight is 336 g/mol. The summed E-state index contributed by atoms with van der Waals surface area (Å²) in [4.78, 5) is 14.7. The van der Waals surface area contributed by atoms with Gasteiger partial charge < -0.3 is 5.32 Å². The average Bonchev–Trinajstić information content (AvgIpc) is 3.43. The van der Waals surface area contributed by atoms with Gasteiger partial charge in [-0.1, -0.05) is 67.6 Å². The maximum Gasteiger partial charge on any atom is 0.234 e. The summed E-state index contributed by atoms with van der Waals surface area (Å²) in [6, 6.07) is 20.9. The number of hydrogen-bond donors (Lipinski definition) is 1. The Morgan fingerprint density at radius 3 is 2.28 bits per heavy atom. The predicted octanol–water partition coefficient (Wildman–Crippen LogP) is 3.75. The third-order valence-electron chi connectivity index (χ3n) is 5.02. The van der Waals surface area contributed by atoms with Crippen LogP contribution in [0.2, 0.25) is 0 Å². The van der Waals surface area contributed by atoms with E-state index < -0.39 is 0 Å². The maximum absolute atomic E-state index is 12.5. The van der Waals surface area contributed by atoms with Crippen molar-refractivity contribution < 1.29 is 4.79 Å². The van der Waals surface area contributed by atoms with Crippen LogP contribution in [0, 0.1) is 0 Å². The Morgan fingerprint density at radius 2 is 1.68 bits per heavy atom. The van der Waals surface area contributed by atoms with Crippen molar-refractivity contribution in [2.75, 3.05) is 19.6 Å². The molecule has 25 heavy (non-hydrogen) atoms. The van der Waals surface area contributed by atoms with E-state index in [1.165, 1.54) is 24.0 Å². The van der Waals surface area contributed by atoms with Crippen molar-refractivity contribution in [2.45, 2.75) is 38.1 Å². The zero-order valence-corrected chi connectivity index (χ0v) is 15.1. The minimum atomic E-state index is 0.131. The molecule has 1 aliphatic carbocycles. The predicted molar refractivity (Wildman–Crippen MR) is 102 cm³/mol. The number of benzene rings is 2. The number of hydrogen-bond acceptors (Lipinski definition) is 2. The molecule has 0 aliphatic heterocycles. The molecule has 0 spiro atoms. The normalized spacial score (nSPS) is 15.1. The Morgan fingerprint density at radius 1 is 1.04 bits per heavy atom. The van der Waals surface area contributed by atoms with Gasteiger partial charge in [0.15, 0.2) is 0 Å². The molecule has 2 aromatic rings. The third kappa shape index (κ3) is 4.93. The van der Waals surface area contributed by atoms with E-state index >= 15 is 0 Å². The molecule has 3 heteroatoms. The smallest absolute Gasteiger partial charge is 0.234 e. The van der Waals surface area contributed by atoms with Gasteiger partial charge in [0.1, 0.15) is 0 Å². The van der Waals surface area contributed by atoms with E-state index in [1.54, 1.807) is 0 Å². The second-order valence-electron chi connectivity index (χ2n) is 7.12. The molecule has 1 fully saturated rings. The highest BCUT2D eigenvalue weighted by molar-refractivity contribution is 5.78. The van der Waals surface area contributed by atoms with Crippen molar-refractivity contribution >= 4 is 5.91 Å². The van der Waals surface area contributed by atoms with Crippen LogP contribution in [-0.4, -0.2) is 30.4 Å². The summed E-state index contributed by atoms with van der Waals surface area (Å²) in [6.07, 6.45) is 3.38. The van der Waals surface area contributed by atoms with Gasteiger partial charge >= 0.3 is 0 Å². The Labute approximate surface area is 151 Å². The van der Waals surface area contributed by atoms with Gasteiger partial charge in [0.05, 0.1) is 6.54 Å². The molecule has 0 saturated heterocycles. The zero-order valence-electron chi connectivity index (χ0n) is 15.1. The molecule has 3 rings (SSSR count). The number of nitrogens with zero attached hydrogens (tertiary/aromatic N) is 1. The fourth-order valence-electron chi connectivity index (χ4n) is 3.41. The van der Waals surface area contributed by atoms with Gasteiger partial charge in [-0.2, -0.15) is 0 Å². The lowest BCUT2D eigenvalue weighted by Gasteiger charge is -2.22. The number of rotatable bonds is 9. The van der Waals surface area contributed by atoms with Crippen LogP contribution in [0.3, 0.4) is 0 Å². The van der Waals surface area contributed by atoms with Gasteiger partial charge in [0.25, 0.3) is 0 Å². The SMILES string of the molecule is CCCN(CC(=O)NCC1(c2ccccc2)CC1)Cc1ccccc1. The van der Waals surface area contributed by atoms with Crippen LogP contribution in [0.4, 0.5) is 0 Å². The molecule has 0 heterocycles. The molecule has 132 valence electrons. The highest BCUT2D eigenvalue weighted by Gasteiger charge is 2.44. The Hall–Kier alpha value is -2.13. The van der Waals surface area contributed by atoms with Gasteiger partial charge in [-0.15, -0.1) is 0 Å². The largest absolute Gasteiger partial charge is 0.354 e. The van der Waals surface area contributed by atoms with Crippen molar-refractivity contribution in [3.8, 4) is 0 Å². The fraction of sp³-hybridized carbons (Fsp3) is 0.409. The molecule has 3 nitrogen and oxygen atoms in total. The monoisotopic (exact) mass is 336 g/mol. The number of carbonyl (C=O) groups excluding carboxylic acids is 1. The number of amides is 1. The first-order chi connectivity index (χ1) is 12.2. The molecular formula is C22H28N2O. The van der Waals surface area contributed by atoms with Crippen LogP contribution in [0.1, 0.15) is 37.3 Å². The molecule has 1 N–H and O–H groups in total. The summed E-state index contributed by atoms with van der Waals surface area (Å²) in [5.74, 6) is 0.131. The number of nitrogens with one attached hydrogen (secondary N) is 1. The molecule has 2 aromatic carbocycles. The summed E-state index contributed by atoms with van der Waals surface area (Å²) < 4.78 is 0. The quantitative estimate of drug-likeness (QED) is 0.756. The van der Waals surface area contributed by atoms with E-state index in [2.05, 4.69) is 65.7 Å². The van der Waals surface area contributed by atoms with E-state index in [4.69, 9.17) is 0 Å². The van der Waals surface area contributed by atoms with Crippen molar-refractivity contribution in [3.63, 3.8) is 0 Å². The van der Waals surface area contributed by atoms with Gasteiger partial charge in [-0.25, -0.2) is 0 Å². The van der Waals surface area contributed by atoms with Crippen molar-refractivity contribution in [1.82, 2.24) is 10.2 Å². The summed E-state index contributed by atoms with van der Waals surface area (Å²) in [5.41, 5.74) is 2.78. The molecule has 0 bridgehead atoms. The number of carbonyl (C=O) groups is 1. The Kier molecular flexibility index (Phi) is 5.87. The van der Waals surface area contributed by atoms with E-state index in [1.807, 2.05) is 12.1 Å². The van der Waals surface area contributed by atoms with E-state index in [-0.39, 0.29) is 11.3 Å². The summed E-state index contributed by atoms with van der Waals surface area (Å²) in [7, 11) is 0. The first-order valence-electron chi connectivity index (χ1n) is 9.30. The standard InChI is InChI=1S/C22H28N2O/c1-2-15-24(16-19-9-5-3-6-10-19)17-21(25)23-18-22(13-14-22)20-11-7-4-8-12-20/h3-12H,2,13-18H2,1H3,(H,23,25). The van der Waals surface area contributed by atoms with Crippen LogP contribution >= 0.6 is 0 Å². The van der Waals surface area contributed by atoms with Gasteiger partial charge in [-0.3, -0.25) is 9.69 Å². The second-order valence-corrected chi connectivity index (χ2v) is 7.12. The second kappa shape index (κ2) is 8.30. The lowest BCUT2D eigenvalue weighted by Crippen LogP contribution is -2.40. The molecule has 1 aliphatic rings. The van der Waals surface area contributed by atoms with Crippen LogP contribution in [-0.2, 0) is 16.8 Å². The van der Waals surface area contributed by atoms with E-state index in [9.17, 15) is 4.79 Å². The lowest BCUT2D eigenvalue weighted by molar-refractivity contribution is -0.122. The van der Waals surface area contributed by atoms with E-state index in [0.29, 0.717) is 6.54 Å². The lowest BCUT2D eigenvalue weighted by atomic mass is 9.96. The van der Waals surface area contributed by atoms with Gasteiger partial charge in [-0.05, 0) is 36.9 Å². The van der Waals surface area contributed by atoms with Crippen molar-refractivity contribution in [3.05, 3.63) is 71.8 Å². The van der Waals surface area contributed by atoms with Gasteiger partial charge in [0.2, 0.25) is 5.91 Å². The molecule has 0 atom stereocenters. The van der Waals surface area contributed by atoms with Crippen LogP contribution in [0.15, 0.2) is 60.7 Å². The van der Waals surface area contributed by atoms with E-state index in [0.717, 1.165) is 26.1 Å². The topological polar surface area (TPSA) is 32.3 Å². The van der Waals surface area contributed by atoms with Crippen LogP contribution < -0.4 is 5.32 Å². The summed E-state index contributed by atoms with van der Waals surface area (Å²) >= 11 is 0. The highest BCUT2D eigenvalue weighted by Crippen LogP contribution is 2.47. The first kappa shape index (κ1) is 17.7. The molecule has 1 amide bonds. The Balaban J connectivity index is 1.52. The van der Waals surface area contributed by atoms with Crippen molar-refractivity contribution in [2.24, 2.45) is 0 Å². The highest BCUT2D eigenvalue weighted by atomic mass is 16.2. The first-order valence-corrected chi connectivity index (χ1v) is 9.30. The molecule has 0 unspecified atom stereocenters. The Bertz CT molecular complexity index is 665. The summed E-state index contributed by atoms with van der Waals surface area (Å²) in [6.45, 7) is 5.14. The molecular weight excluding hydrogens is 308 g/mol. The minimum Gasteiger partial charge on any atom is -0.354 e. The maximum atomic E-state index is 12.5. The third-order valence-corrected chi connectivity index (χ3v) is 5.02. The molecule has 1 saturated carbocycles. The van der Waals surface area contributed by atoms with Crippen molar-refractivity contribution in [1.29, 1.82) is 0 Å². The molecule has 0 aromatic heterocycles. The zero-order chi connectivity index (χ0) is 17.5. The summed E-state index contributed by atoms with van der Waals surface area (Å²) in [5, 5.41) is 3.18. The van der Waals surface area contributed by atoms with Gasteiger partial charge in [0, 0.05) is 18.5 Å². The van der Waals surface area contributed by atoms with Crippen LogP contribution in [0.25, 0.3) is 0 Å². The van der Waals surface area contributed by atoms with Crippen LogP contribution in [0.5, 0.6) is 0 Å². The fourth-order valence-corrected chi connectivity index (χ4v) is 3.41.